The summed E-state index contributed by atoms with van der Waals surface area (Å²) < 4.78 is 0.932. The highest BCUT2D eigenvalue weighted by molar-refractivity contribution is 5.95. The van der Waals surface area contributed by atoms with E-state index in [0.29, 0.717) is 11.3 Å². The molecule has 0 atom stereocenters. The molecule has 1 aromatic carbocycles. The number of aromatic amines is 1. The Morgan fingerprint density at radius 1 is 1.31 bits per heavy atom. The number of aryl methyl sites for hydroxylation is 1. The molecular formula is C11H10N2O3. The number of phenols is 1. The van der Waals surface area contributed by atoms with E-state index < -0.39 is 11.5 Å². The smallest absolute Gasteiger partial charge is 0.279 e. The maximum Gasteiger partial charge on any atom is 0.279 e. The lowest BCUT2D eigenvalue weighted by Gasteiger charge is -2.00. The molecule has 2 rings (SSSR count). The molecule has 0 aliphatic carbocycles. The number of phenolic OH excluding ortho intramolecular Hbond substituents is 1. The molecule has 5 heteroatoms. The van der Waals surface area contributed by atoms with Gasteiger partial charge < -0.3 is 5.11 Å². The van der Waals surface area contributed by atoms with Gasteiger partial charge in [-0.25, -0.2) is 0 Å². The number of hydrogen-bond acceptors (Lipinski definition) is 3. The monoisotopic (exact) mass is 218 g/mol. The van der Waals surface area contributed by atoms with Crippen LogP contribution in [0.4, 0.5) is 0 Å². The fraction of sp³-hybridized carbons (Fsp3) is 0.0909. The lowest BCUT2D eigenvalue weighted by atomic mass is 10.2. The number of aromatic nitrogens is 2. The van der Waals surface area contributed by atoms with Crippen LogP contribution in [0.15, 0.2) is 35.1 Å². The lowest BCUT2D eigenvalue weighted by molar-refractivity contribution is 0.0941. The zero-order chi connectivity index (χ0) is 11.7. The van der Waals surface area contributed by atoms with Gasteiger partial charge >= 0.3 is 0 Å². The fourth-order valence-electron chi connectivity index (χ4n) is 1.40. The molecule has 0 bridgehead atoms. The predicted octanol–water partition coefficient (Wildman–Crippen LogP) is 0.879. The van der Waals surface area contributed by atoms with Crippen LogP contribution in [0.5, 0.6) is 5.75 Å². The van der Waals surface area contributed by atoms with Crippen LogP contribution < -0.4 is 5.56 Å². The lowest BCUT2D eigenvalue weighted by Crippen LogP contribution is -2.24. The summed E-state index contributed by atoms with van der Waals surface area (Å²) in [5, 5.41) is 11.7. The van der Waals surface area contributed by atoms with Crippen molar-refractivity contribution in [2.24, 2.45) is 0 Å². The molecule has 0 saturated heterocycles. The summed E-state index contributed by atoms with van der Waals surface area (Å²) in [5.41, 5.74) is 0.564. The highest BCUT2D eigenvalue weighted by Gasteiger charge is 2.11. The second kappa shape index (κ2) is 3.69. The Kier molecular flexibility index (Phi) is 2.36. The van der Waals surface area contributed by atoms with Crippen molar-refractivity contribution in [1.82, 2.24) is 9.78 Å². The zero-order valence-electron chi connectivity index (χ0n) is 8.60. The highest BCUT2D eigenvalue weighted by atomic mass is 16.3. The number of rotatable bonds is 1. The van der Waals surface area contributed by atoms with Gasteiger partial charge in [0.2, 0.25) is 0 Å². The molecule has 2 N–H and O–H groups in total. The van der Waals surface area contributed by atoms with Crippen LogP contribution in [0, 0.1) is 6.92 Å². The highest BCUT2D eigenvalue weighted by Crippen LogP contribution is 2.10. The van der Waals surface area contributed by atoms with E-state index in [0.717, 1.165) is 4.68 Å². The molecule has 0 saturated carbocycles. The van der Waals surface area contributed by atoms with Crippen LogP contribution in [-0.2, 0) is 0 Å². The number of carbonyl (C=O) groups excluding carboxylic acids is 1. The molecule has 0 aliphatic rings. The van der Waals surface area contributed by atoms with Crippen LogP contribution in [0.2, 0.25) is 0 Å². The summed E-state index contributed by atoms with van der Waals surface area (Å²) in [6, 6.07) is 7.06. The minimum absolute atomic E-state index is 0.0755. The maximum absolute atomic E-state index is 11.8. The molecule has 0 amide bonds. The van der Waals surface area contributed by atoms with E-state index in [9.17, 15) is 9.59 Å². The third-order valence-corrected chi connectivity index (χ3v) is 2.17. The molecule has 16 heavy (non-hydrogen) atoms. The van der Waals surface area contributed by atoms with Gasteiger partial charge in [0.25, 0.3) is 11.5 Å². The first-order valence-electron chi connectivity index (χ1n) is 4.70. The van der Waals surface area contributed by atoms with Crippen LogP contribution in [-0.4, -0.2) is 20.8 Å². The fourth-order valence-corrected chi connectivity index (χ4v) is 1.40. The van der Waals surface area contributed by atoms with Gasteiger partial charge in [-0.15, -0.1) is 0 Å². The van der Waals surface area contributed by atoms with Crippen LogP contribution in [0.3, 0.4) is 0 Å². The first-order valence-corrected chi connectivity index (χ1v) is 4.70. The minimum atomic E-state index is -0.446. The predicted molar refractivity (Wildman–Crippen MR) is 57.6 cm³/mol. The molecule has 1 heterocycles. The van der Waals surface area contributed by atoms with E-state index in [2.05, 4.69) is 5.10 Å². The Morgan fingerprint density at radius 2 is 1.94 bits per heavy atom. The maximum atomic E-state index is 11.8. The number of nitrogens with one attached hydrogen (secondary N) is 1. The van der Waals surface area contributed by atoms with Crippen molar-refractivity contribution in [1.29, 1.82) is 0 Å². The van der Waals surface area contributed by atoms with Gasteiger partial charge in [-0.05, 0) is 31.2 Å². The largest absolute Gasteiger partial charge is 0.508 e. The van der Waals surface area contributed by atoms with Crippen molar-refractivity contribution in [3.63, 3.8) is 0 Å². The molecule has 0 fully saturated rings. The molecule has 2 aromatic rings. The Morgan fingerprint density at radius 3 is 2.44 bits per heavy atom. The third kappa shape index (κ3) is 1.75. The Balaban J connectivity index is 2.43. The second-order valence-corrected chi connectivity index (χ2v) is 3.46. The van der Waals surface area contributed by atoms with Gasteiger partial charge in [0, 0.05) is 17.3 Å². The summed E-state index contributed by atoms with van der Waals surface area (Å²) in [6.07, 6.45) is 0. The second-order valence-electron chi connectivity index (χ2n) is 3.46. The molecule has 0 radical (unpaired) electrons. The van der Waals surface area contributed by atoms with Gasteiger partial charge in [-0.1, -0.05) is 0 Å². The van der Waals surface area contributed by atoms with Gasteiger partial charge in [0.15, 0.2) is 0 Å². The van der Waals surface area contributed by atoms with Crippen molar-refractivity contribution in [2.45, 2.75) is 6.92 Å². The SMILES string of the molecule is Cc1cc(=O)n(C(=O)c2ccc(O)cc2)[nH]1. The van der Waals surface area contributed by atoms with Crippen molar-refractivity contribution in [2.75, 3.05) is 0 Å². The van der Waals surface area contributed by atoms with Gasteiger partial charge in [0.1, 0.15) is 5.75 Å². The van der Waals surface area contributed by atoms with Crippen LogP contribution >= 0.6 is 0 Å². The normalized spacial score (nSPS) is 10.3. The number of carbonyl (C=O) groups is 1. The van der Waals surface area contributed by atoms with Crippen molar-refractivity contribution in [3.8, 4) is 5.75 Å². The van der Waals surface area contributed by atoms with Gasteiger partial charge in [-0.2, -0.15) is 4.68 Å². The summed E-state index contributed by atoms with van der Waals surface area (Å²) in [6.45, 7) is 1.70. The number of hydrogen-bond donors (Lipinski definition) is 2. The molecular weight excluding hydrogens is 208 g/mol. The first kappa shape index (κ1) is 10.2. The number of benzene rings is 1. The van der Waals surface area contributed by atoms with E-state index in [1.54, 1.807) is 6.92 Å². The van der Waals surface area contributed by atoms with Crippen LogP contribution in [0.1, 0.15) is 16.1 Å². The third-order valence-electron chi connectivity index (χ3n) is 2.17. The van der Waals surface area contributed by atoms with E-state index in [1.807, 2.05) is 0 Å². The molecule has 82 valence electrons. The van der Waals surface area contributed by atoms with Gasteiger partial charge in [0.05, 0.1) is 0 Å². The molecule has 0 spiro atoms. The molecule has 1 aromatic heterocycles. The molecule has 0 unspecified atom stereocenters. The summed E-state index contributed by atoms with van der Waals surface area (Å²) in [4.78, 5) is 23.2. The quantitative estimate of drug-likeness (QED) is 0.746. The number of nitrogens with zero attached hydrogens (tertiary/aromatic N) is 1. The Labute approximate surface area is 90.9 Å². The Bertz CT molecular complexity index is 578. The summed E-state index contributed by atoms with van der Waals surface area (Å²) in [7, 11) is 0. The Hall–Kier alpha value is -2.30. The number of H-pyrrole nitrogens is 1. The minimum Gasteiger partial charge on any atom is -0.508 e. The van der Waals surface area contributed by atoms with Crippen LogP contribution in [0.25, 0.3) is 0 Å². The standard InChI is InChI=1S/C11H10N2O3/c1-7-6-10(15)13(12-7)11(16)8-2-4-9(14)5-3-8/h2-6,12,14H,1H3. The van der Waals surface area contributed by atoms with Crippen molar-refractivity contribution >= 4 is 5.91 Å². The first-order chi connectivity index (χ1) is 7.58. The van der Waals surface area contributed by atoms with E-state index in [4.69, 9.17) is 5.11 Å². The zero-order valence-corrected chi connectivity index (χ0v) is 8.60. The van der Waals surface area contributed by atoms with Crippen molar-refractivity contribution in [3.05, 3.63) is 51.9 Å². The van der Waals surface area contributed by atoms with E-state index in [-0.39, 0.29) is 5.75 Å². The van der Waals surface area contributed by atoms with E-state index >= 15 is 0 Å². The molecule has 0 aliphatic heterocycles. The van der Waals surface area contributed by atoms with Gasteiger partial charge in [-0.3, -0.25) is 14.7 Å². The summed E-state index contributed by atoms with van der Waals surface area (Å²) >= 11 is 0. The molecule has 5 nitrogen and oxygen atoms in total. The summed E-state index contributed by atoms with van der Waals surface area (Å²) in [5.74, 6) is -0.371. The van der Waals surface area contributed by atoms with Crippen molar-refractivity contribution < 1.29 is 9.90 Å². The average Bonchev–Trinajstić information content (AvgIpc) is 2.58. The average molecular weight is 218 g/mol. The topological polar surface area (TPSA) is 75.1 Å². The van der Waals surface area contributed by atoms with E-state index in [1.165, 1.54) is 30.3 Å². The number of aromatic hydroxyl groups is 1.